The molecule has 2 N–H and O–H groups in total. The molecular weight excluding hydrogens is 297 g/mol. The van der Waals surface area contributed by atoms with Gasteiger partial charge in [-0.3, -0.25) is 0 Å². The number of hydrogen-bond donors (Lipinski definition) is 2. The highest BCUT2D eigenvalue weighted by Gasteiger charge is 2.15. The first-order valence-electron chi connectivity index (χ1n) is 7.14. The van der Waals surface area contributed by atoms with E-state index < -0.39 is 6.10 Å². The maximum absolute atomic E-state index is 9.93. The molecule has 1 aliphatic carbocycles. The van der Waals surface area contributed by atoms with Crippen molar-refractivity contribution in [2.24, 2.45) is 0 Å². The van der Waals surface area contributed by atoms with Gasteiger partial charge in [-0.2, -0.15) is 0 Å². The minimum absolute atomic E-state index is 0.317. The number of aliphatic hydroxyl groups is 1. The summed E-state index contributed by atoms with van der Waals surface area (Å²) < 4.78 is 5.74. The molecule has 1 atom stereocenters. The van der Waals surface area contributed by atoms with Crippen LogP contribution in [0.2, 0.25) is 10.0 Å². The fraction of sp³-hybridized carbons (Fsp3) is 0.600. The van der Waals surface area contributed by atoms with E-state index in [1.54, 1.807) is 18.2 Å². The SMILES string of the molecule is OC(CNc1ccc(Cl)cc1Cl)COC1CCCCC1. The van der Waals surface area contributed by atoms with E-state index in [9.17, 15) is 5.11 Å². The van der Waals surface area contributed by atoms with Gasteiger partial charge < -0.3 is 15.2 Å². The van der Waals surface area contributed by atoms with Crippen LogP contribution in [0.4, 0.5) is 5.69 Å². The summed E-state index contributed by atoms with van der Waals surface area (Å²) >= 11 is 11.9. The molecule has 5 heteroatoms. The zero-order valence-corrected chi connectivity index (χ0v) is 13.0. The van der Waals surface area contributed by atoms with Crippen molar-refractivity contribution in [3.05, 3.63) is 28.2 Å². The molecule has 1 aromatic rings. The average Bonchev–Trinajstić information content (AvgIpc) is 2.45. The Bertz CT molecular complexity index is 422. The van der Waals surface area contributed by atoms with Crippen LogP contribution in [0.25, 0.3) is 0 Å². The van der Waals surface area contributed by atoms with E-state index in [1.807, 2.05) is 0 Å². The maximum atomic E-state index is 9.93. The number of benzene rings is 1. The molecule has 1 saturated carbocycles. The molecule has 1 aromatic carbocycles. The van der Waals surface area contributed by atoms with E-state index in [4.69, 9.17) is 27.9 Å². The minimum atomic E-state index is -0.538. The van der Waals surface area contributed by atoms with Crippen molar-refractivity contribution in [3.63, 3.8) is 0 Å². The Morgan fingerprint density at radius 2 is 2.00 bits per heavy atom. The predicted molar refractivity (Wildman–Crippen MR) is 83.8 cm³/mol. The summed E-state index contributed by atoms with van der Waals surface area (Å²) in [7, 11) is 0. The Morgan fingerprint density at radius 1 is 1.25 bits per heavy atom. The molecule has 20 heavy (non-hydrogen) atoms. The normalized spacial score (nSPS) is 17.9. The molecule has 0 aromatic heterocycles. The third-order valence-electron chi connectivity index (χ3n) is 3.54. The van der Waals surface area contributed by atoms with Crippen LogP contribution < -0.4 is 5.32 Å². The first-order chi connectivity index (χ1) is 9.65. The monoisotopic (exact) mass is 317 g/mol. The van der Waals surface area contributed by atoms with Crippen molar-refractivity contribution >= 4 is 28.9 Å². The van der Waals surface area contributed by atoms with E-state index in [1.165, 1.54) is 19.3 Å². The molecule has 0 saturated heterocycles. The Morgan fingerprint density at radius 3 is 2.70 bits per heavy atom. The zero-order valence-electron chi connectivity index (χ0n) is 11.4. The lowest BCUT2D eigenvalue weighted by molar-refractivity contribution is -0.0195. The lowest BCUT2D eigenvalue weighted by Gasteiger charge is -2.23. The van der Waals surface area contributed by atoms with Crippen molar-refractivity contribution in [3.8, 4) is 0 Å². The molecule has 2 rings (SSSR count). The van der Waals surface area contributed by atoms with Gasteiger partial charge >= 0.3 is 0 Å². The smallest absolute Gasteiger partial charge is 0.0945 e. The highest BCUT2D eigenvalue weighted by atomic mass is 35.5. The molecule has 112 valence electrons. The average molecular weight is 318 g/mol. The number of nitrogens with one attached hydrogen (secondary N) is 1. The van der Waals surface area contributed by atoms with Crippen molar-refractivity contribution in [1.82, 2.24) is 0 Å². The summed E-state index contributed by atoms with van der Waals surface area (Å²) in [5, 5.41) is 14.2. The Balaban J connectivity index is 1.70. The Kier molecular flexibility index (Phi) is 6.43. The van der Waals surface area contributed by atoms with Crippen LogP contribution in [0.15, 0.2) is 18.2 Å². The van der Waals surface area contributed by atoms with Crippen LogP contribution in [-0.4, -0.2) is 30.5 Å². The lowest BCUT2D eigenvalue weighted by atomic mass is 9.98. The summed E-state index contributed by atoms with van der Waals surface area (Å²) in [6.07, 6.45) is 5.78. The quantitative estimate of drug-likeness (QED) is 0.829. The standard InChI is InChI=1S/C15H21Cl2NO2/c16-11-6-7-15(14(17)8-11)18-9-12(19)10-20-13-4-2-1-3-5-13/h6-8,12-13,18-19H,1-5,9-10H2. The number of halogens is 2. The minimum Gasteiger partial charge on any atom is -0.389 e. The van der Waals surface area contributed by atoms with Gasteiger partial charge in [-0.05, 0) is 31.0 Å². The number of rotatable bonds is 6. The highest BCUT2D eigenvalue weighted by Crippen LogP contribution is 2.25. The zero-order chi connectivity index (χ0) is 14.4. The Labute approximate surface area is 130 Å². The summed E-state index contributed by atoms with van der Waals surface area (Å²) in [5.74, 6) is 0. The fourth-order valence-electron chi connectivity index (χ4n) is 2.40. The molecule has 0 amide bonds. The van der Waals surface area contributed by atoms with Gasteiger partial charge in [0.05, 0.1) is 29.5 Å². The number of hydrogen-bond acceptors (Lipinski definition) is 3. The van der Waals surface area contributed by atoms with E-state index in [0.717, 1.165) is 18.5 Å². The summed E-state index contributed by atoms with van der Waals surface area (Å²) in [6, 6.07) is 5.25. The van der Waals surface area contributed by atoms with Gasteiger partial charge in [0.15, 0.2) is 0 Å². The summed E-state index contributed by atoms with van der Waals surface area (Å²) in [5.41, 5.74) is 0.771. The van der Waals surface area contributed by atoms with E-state index in [0.29, 0.717) is 29.3 Å². The van der Waals surface area contributed by atoms with Crippen LogP contribution in [0.5, 0.6) is 0 Å². The number of aliphatic hydroxyl groups excluding tert-OH is 1. The van der Waals surface area contributed by atoms with Gasteiger partial charge in [0.25, 0.3) is 0 Å². The van der Waals surface area contributed by atoms with Crippen LogP contribution in [0, 0.1) is 0 Å². The molecule has 0 radical (unpaired) electrons. The summed E-state index contributed by atoms with van der Waals surface area (Å²) in [6.45, 7) is 0.775. The van der Waals surface area contributed by atoms with Crippen molar-refractivity contribution in [2.75, 3.05) is 18.5 Å². The second kappa shape index (κ2) is 8.08. The molecule has 0 bridgehead atoms. The third kappa shape index (κ3) is 5.13. The molecule has 3 nitrogen and oxygen atoms in total. The highest BCUT2D eigenvalue weighted by molar-refractivity contribution is 6.36. The van der Waals surface area contributed by atoms with Gasteiger partial charge in [0.2, 0.25) is 0 Å². The largest absolute Gasteiger partial charge is 0.389 e. The predicted octanol–water partition coefficient (Wildman–Crippen LogP) is 4.12. The third-order valence-corrected chi connectivity index (χ3v) is 4.08. The van der Waals surface area contributed by atoms with Crippen molar-refractivity contribution in [1.29, 1.82) is 0 Å². The molecule has 1 unspecified atom stereocenters. The van der Waals surface area contributed by atoms with Gasteiger partial charge in [0.1, 0.15) is 0 Å². The topological polar surface area (TPSA) is 41.5 Å². The van der Waals surface area contributed by atoms with Gasteiger partial charge in [-0.1, -0.05) is 42.5 Å². The molecule has 1 fully saturated rings. The second-order valence-corrected chi connectivity index (χ2v) is 6.10. The molecule has 0 aliphatic heterocycles. The Hall–Kier alpha value is -0.480. The first kappa shape index (κ1) is 15.9. The lowest BCUT2D eigenvalue weighted by Crippen LogP contribution is -2.28. The van der Waals surface area contributed by atoms with Crippen LogP contribution in [0.1, 0.15) is 32.1 Å². The van der Waals surface area contributed by atoms with Crippen LogP contribution in [0.3, 0.4) is 0 Å². The number of anilines is 1. The van der Waals surface area contributed by atoms with E-state index in [-0.39, 0.29) is 0 Å². The van der Waals surface area contributed by atoms with Crippen LogP contribution >= 0.6 is 23.2 Å². The fourth-order valence-corrected chi connectivity index (χ4v) is 2.87. The van der Waals surface area contributed by atoms with Gasteiger partial charge in [0, 0.05) is 11.6 Å². The number of ether oxygens (including phenoxy) is 1. The summed E-state index contributed by atoms with van der Waals surface area (Å²) in [4.78, 5) is 0. The first-order valence-corrected chi connectivity index (χ1v) is 7.89. The van der Waals surface area contributed by atoms with Gasteiger partial charge in [-0.15, -0.1) is 0 Å². The maximum Gasteiger partial charge on any atom is 0.0945 e. The van der Waals surface area contributed by atoms with E-state index >= 15 is 0 Å². The second-order valence-electron chi connectivity index (χ2n) is 5.25. The molecule has 1 aliphatic rings. The van der Waals surface area contributed by atoms with E-state index in [2.05, 4.69) is 5.32 Å². The van der Waals surface area contributed by atoms with Crippen molar-refractivity contribution in [2.45, 2.75) is 44.3 Å². The van der Waals surface area contributed by atoms with Crippen LogP contribution in [-0.2, 0) is 4.74 Å². The van der Waals surface area contributed by atoms with Gasteiger partial charge in [-0.25, -0.2) is 0 Å². The molecular formula is C15H21Cl2NO2. The molecule has 0 heterocycles. The van der Waals surface area contributed by atoms with Crippen molar-refractivity contribution < 1.29 is 9.84 Å². The molecule has 0 spiro atoms.